The fourth-order valence-electron chi connectivity index (χ4n) is 3.86. The molecular formula is C23H23ClFN3O2. The van der Waals surface area contributed by atoms with Crippen molar-refractivity contribution in [3.63, 3.8) is 0 Å². The van der Waals surface area contributed by atoms with Crippen LogP contribution in [0.4, 0.5) is 10.1 Å². The van der Waals surface area contributed by atoms with Gasteiger partial charge in [0.2, 0.25) is 0 Å². The molecule has 1 amide bonds. The van der Waals surface area contributed by atoms with E-state index in [1.165, 1.54) is 17.7 Å². The van der Waals surface area contributed by atoms with Gasteiger partial charge in [-0.05, 0) is 50.5 Å². The highest BCUT2D eigenvalue weighted by atomic mass is 35.5. The highest BCUT2D eigenvalue weighted by Crippen LogP contribution is 2.34. The maximum atomic E-state index is 14.4. The molecule has 0 bridgehead atoms. The summed E-state index contributed by atoms with van der Waals surface area (Å²) in [4.78, 5) is 15.0. The van der Waals surface area contributed by atoms with E-state index in [0.29, 0.717) is 24.9 Å². The zero-order valence-electron chi connectivity index (χ0n) is 16.9. The molecule has 1 N–H and O–H groups in total. The van der Waals surface area contributed by atoms with Crippen molar-refractivity contribution in [1.29, 1.82) is 0 Å². The van der Waals surface area contributed by atoms with Crippen molar-refractivity contribution in [1.82, 2.24) is 10.1 Å². The maximum absolute atomic E-state index is 14.4. The van der Waals surface area contributed by atoms with E-state index in [0.717, 1.165) is 18.5 Å². The van der Waals surface area contributed by atoms with E-state index in [1.807, 2.05) is 12.1 Å². The molecular weight excluding hydrogens is 405 g/mol. The van der Waals surface area contributed by atoms with Gasteiger partial charge >= 0.3 is 0 Å². The van der Waals surface area contributed by atoms with Crippen LogP contribution >= 0.6 is 11.6 Å². The number of hydrogen-bond acceptors (Lipinski definition) is 4. The lowest BCUT2D eigenvalue weighted by molar-refractivity contribution is 0.0717. The molecule has 0 radical (unpaired) electrons. The third kappa shape index (κ3) is 3.92. The van der Waals surface area contributed by atoms with Crippen molar-refractivity contribution < 1.29 is 13.7 Å². The van der Waals surface area contributed by atoms with Gasteiger partial charge in [-0.15, -0.1) is 0 Å². The Hall–Kier alpha value is -2.86. The van der Waals surface area contributed by atoms with Gasteiger partial charge in [0.1, 0.15) is 22.8 Å². The van der Waals surface area contributed by atoms with Gasteiger partial charge in [-0.1, -0.05) is 41.0 Å². The van der Waals surface area contributed by atoms with Gasteiger partial charge in [0.05, 0.1) is 10.6 Å². The van der Waals surface area contributed by atoms with Gasteiger partial charge in [-0.3, -0.25) is 4.79 Å². The Morgan fingerprint density at radius 1 is 1.17 bits per heavy atom. The molecule has 7 heteroatoms. The zero-order chi connectivity index (χ0) is 21.3. The van der Waals surface area contributed by atoms with E-state index < -0.39 is 5.82 Å². The molecule has 30 heavy (non-hydrogen) atoms. The van der Waals surface area contributed by atoms with Gasteiger partial charge in [-0.25, -0.2) is 4.39 Å². The summed E-state index contributed by atoms with van der Waals surface area (Å²) in [7, 11) is 0. The minimum absolute atomic E-state index is 0.0930. The number of halogens is 2. The van der Waals surface area contributed by atoms with Crippen molar-refractivity contribution in [3.8, 4) is 11.3 Å². The lowest BCUT2D eigenvalue weighted by Crippen LogP contribution is -2.42. The van der Waals surface area contributed by atoms with E-state index in [1.54, 1.807) is 17.9 Å². The number of aromatic nitrogens is 1. The SMILES string of the molecule is Cc1ccccc1NC1CCN(C(=O)c2c(-c3c(F)cccc3Cl)noc2C)CC1. The second-order valence-corrected chi connectivity index (χ2v) is 7.99. The molecule has 2 heterocycles. The number of carbonyl (C=O) groups is 1. The molecule has 0 aliphatic carbocycles. The molecule has 1 fully saturated rings. The van der Waals surface area contributed by atoms with Gasteiger partial charge < -0.3 is 14.7 Å². The molecule has 4 rings (SSSR count). The largest absolute Gasteiger partial charge is 0.382 e. The fraction of sp³-hybridized carbons (Fsp3) is 0.304. The number of para-hydroxylation sites is 1. The molecule has 0 spiro atoms. The van der Waals surface area contributed by atoms with Crippen LogP contribution in [-0.4, -0.2) is 35.1 Å². The average molecular weight is 428 g/mol. The molecule has 1 aromatic heterocycles. The Labute approximate surface area is 179 Å². The first kappa shape index (κ1) is 20.4. The second-order valence-electron chi connectivity index (χ2n) is 7.58. The van der Waals surface area contributed by atoms with Crippen molar-refractivity contribution in [2.45, 2.75) is 32.7 Å². The quantitative estimate of drug-likeness (QED) is 0.600. The summed E-state index contributed by atoms with van der Waals surface area (Å²) in [5, 5.41) is 7.71. The van der Waals surface area contributed by atoms with Crippen LogP contribution in [0.2, 0.25) is 5.02 Å². The minimum Gasteiger partial charge on any atom is -0.382 e. The highest BCUT2D eigenvalue weighted by molar-refractivity contribution is 6.33. The fourth-order valence-corrected chi connectivity index (χ4v) is 4.11. The third-order valence-electron chi connectivity index (χ3n) is 5.56. The summed E-state index contributed by atoms with van der Waals surface area (Å²) in [6.07, 6.45) is 1.64. The summed E-state index contributed by atoms with van der Waals surface area (Å²) in [5.41, 5.74) is 2.83. The van der Waals surface area contributed by atoms with Gasteiger partial charge in [0.25, 0.3) is 5.91 Å². The average Bonchev–Trinajstić information content (AvgIpc) is 3.10. The highest BCUT2D eigenvalue weighted by Gasteiger charge is 2.31. The summed E-state index contributed by atoms with van der Waals surface area (Å²) in [5.74, 6) is -0.391. The van der Waals surface area contributed by atoms with Gasteiger partial charge in [0.15, 0.2) is 0 Å². The first-order valence-electron chi connectivity index (χ1n) is 9.97. The molecule has 3 aromatic rings. The van der Waals surface area contributed by atoms with E-state index in [-0.39, 0.29) is 27.8 Å². The normalized spacial score (nSPS) is 14.7. The Bertz CT molecular complexity index is 1050. The second kappa shape index (κ2) is 8.48. The van der Waals surface area contributed by atoms with Crippen LogP contribution in [0.3, 0.4) is 0 Å². The molecule has 156 valence electrons. The van der Waals surface area contributed by atoms with Crippen molar-refractivity contribution in [2.75, 3.05) is 18.4 Å². The van der Waals surface area contributed by atoms with Crippen LogP contribution in [0.1, 0.15) is 34.5 Å². The zero-order valence-corrected chi connectivity index (χ0v) is 17.7. The number of nitrogens with one attached hydrogen (secondary N) is 1. The Morgan fingerprint density at radius 2 is 1.90 bits per heavy atom. The van der Waals surface area contributed by atoms with Gasteiger partial charge in [-0.2, -0.15) is 0 Å². The molecule has 5 nitrogen and oxygen atoms in total. The number of hydrogen-bond donors (Lipinski definition) is 1. The van der Waals surface area contributed by atoms with Crippen LogP contribution < -0.4 is 5.32 Å². The number of anilines is 1. The van der Waals surface area contributed by atoms with Crippen molar-refractivity contribution in [3.05, 3.63) is 70.2 Å². The topological polar surface area (TPSA) is 58.4 Å². The molecule has 0 atom stereocenters. The predicted molar refractivity (Wildman–Crippen MR) is 115 cm³/mol. The lowest BCUT2D eigenvalue weighted by atomic mass is 10.0. The maximum Gasteiger partial charge on any atom is 0.259 e. The standard InChI is InChI=1S/C23H23ClFN3O2/c1-14-6-3-4-9-19(14)26-16-10-12-28(13-11-16)23(29)20-15(2)30-27-22(20)21-17(24)7-5-8-18(21)25/h3-9,16,26H,10-13H2,1-2H3. The molecule has 0 saturated carbocycles. The number of likely N-dealkylation sites (tertiary alicyclic amines) is 1. The van der Waals surface area contributed by atoms with E-state index in [9.17, 15) is 9.18 Å². The van der Waals surface area contributed by atoms with Crippen LogP contribution in [0.15, 0.2) is 47.0 Å². The summed E-state index contributed by atoms with van der Waals surface area (Å²) in [6, 6.07) is 12.8. The van der Waals surface area contributed by atoms with E-state index >= 15 is 0 Å². The third-order valence-corrected chi connectivity index (χ3v) is 5.88. The van der Waals surface area contributed by atoms with Crippen LogP contribution in [-0.2, 0) is 0 Å². The Morgan fingerprint density at radius 3 is 2.60 bits per heavy atom. The first-order chi connectivity index (χ1) is 14.5. The van der Waals surface area contributed by atoms with Crippen molar-refractivity contribution >= 4 is 23.2 Å². The number of aryl methyl sites for hydroxylation is 2. The molecule has 1 aliphatic heterocycles. The molecule has 0 unspecified atom stereocenters. The lowest BCUT2D eigenvalue weighted by Gasteiger charge is -2.33. The van der Waals surface area contributed by atoms with Crippen LogP contribution in [0.25, 0.3) is 11.3 Å². The number of nitrogens with zero attached hydrogens (tertiary/aromatic N) is 2. The van der Waals surface area contributed by atoms with Crippen molar-refractivity contribution in [2.24, 2.45) is 0 Å². The first-order valence-corrected chi connectivity index (χ1v) is 10.4. The number of rotatable bonds is 4. The smallest absolute Gasteiger partial charge is 0.259 e. The Balaban J connectivity index is 1.50. The number of piperidine rings is 1. The molecule has 1 saturated heterocycles. The van der Waals surface area contributed by atoms with Crippen LogP contribution in [0.5, 0.6) is 0 Å². The monoisotopic (exact) mass is 427 g/mol. The van der Waals surface area contributed by atoms with Gasteiger partial charge in [0, 0.05) is 24.8 Å². The van der Waals surface area contributed by atoms with Crippen LogP contribution in [0, 0.1) is 19.7 Å². The summed E-state index contributed by atoms with van der Waals surface area (Å²) < 4.78 is 19.7. The van der Waals surface area contributed by atoms with E-state index in [2.05, 4.69) is 29.5 Å². The van der Waals surface area contributed by atoms with E-state index in [4.69, 9.17) is 16.1 Å². The number of amides is 1. The predicted octanol–water partition coefficient (Wildman–Crippen LogP) is 5.47. The number of benzene rings is 2. The summed E-state index contributed by atoms with van der Waals surface area (Å²) in [6.45, 7) is 4.92. The minimum atomic E-state index is -0.536. The summed E-state index contributed by atoms with van der Waals surface area (Å²) >= 11 is 6.19. The molecule has 1 aliphatic rings. The Kier molecular flexibility index (Phi) is 5.77. The molecule has 2 aromatic carbocycles. The number of carbonyl (C=O) groups excluding carboxylic acids is 1.